The van der Waals surface area contributed by atoms with E-state index in [4.69, 9.17) is 0 Å². The molecule has 0 radical (unpaired) electrons. The Kier molecular flexibility index (Phi) is 4.15. The molecule has 2 amide bonds. The van der Waals surface area contributed by atoms with Crippen molar-refractivity contribution in [3.05, 3.63) is 35.5 Å². The van der Waals surface area contributed by atoms with Gasteiger partial charge in [0.1, 0.15) is 0 Å². The van der Waals surface area contributed by atoms with E-state index >= 15 is 0 Å². The molecule has 1 aromatic carbocycles. The molecule has 1 aromatic heterocycles. The minimum absolute atomic E-state index is 0.0363. The van der Waals surface area contributed by atoms with Crippen LogP contribution in [0.1, 0.15) is 54.6 Å². The van der Waals surface area contributed by atoms with E-state index in [0.29, 0.717) is 11.3 Å². The predicted molar refractivity (Wildman–Crippen MR) is 97.6 cm³/mol. The Morgan fingerprint density at radius 2 is 1.84 bits per heavy atom. The molecule has 2 aliphatic rings. The number of aromatic nitrogens is 1. The van der Waals surface area contributed by atoms with Gasteiger partial charge in [-0.25, -0.2) is 0 Å². The van der Waals surface area contributed by atoms with E-state index in [2.05, 4.69) is 15.6 Å². The number of hydrogen-bond acceptors (Lipinski definition) is 3. The van der Waals surface area contributed by atoms with Gasteiger partial charge in [0.05, 0.1) is 11.1 Å². The molecular weight excluding hydrogens is 314 g/mol. The van der Waals surface area contributed by atoms with Crippen molar-refractivity contribution >= 4 is 28.4 Å². The smallest absolute Gasteiger partial charge is 0.252 e. The standard InChI is InChI=1S/C20H23N3O2/c1-12-6-9-16-17(20(25)22-14-4-2-3-5-14)10-15(11-18(16)21-12)23-19(24)13-7-8-13/h6,9-11,13-14H,2-5,7-8H2,1H3,(H,22,25)(H,23,24). The van der Waals surface area contributed by atoms with Gasteiger partial charge < -0.3 is 10.6 Å². The molecular formula is C20H23N3O2. The third-order valence-electron chi connectivity index (χ3n) is 5.10. The Hall–Kier alpha value is -2.43. The lowest BCUT2D eigenvalue weighted by atomic mass is 10.0. The highest BCUT2D eigenvalue weighted by atomic mass is 16.2. The van der Waals surface area contributed by atoms with Gasteiger partial charge in [0.2, 0.25) is 5.91 Å². The number of hydrogen-bond donors (Lipinski definition) is 2. The lowest BCUT2D eigenvalue weighted by Crippen LogP contribution is -2.32. The summed E-state index contributed by atoms with van der Waals surface area (Å²) >= 11 is 0. The summed E-state index contributed by atoms with van der Waals surface area (Å²) in [5.74, 6) is 0.0798. The number of aryl methyl sites for hydroxylation is 1. The van der Waals surface area contributed by atoms with Crippen molar-refractivity contribution in [1.29, 1.82) is 0 Å². The monoisotopic (exact) mass is 337 g/mol. The molecule has 5 heteroatoms. The zero-order chi connectivity index (χ0) is 17.4. The molecule has 25 heavy (non-hydrogen) atoms. The van der Waals surface area contributed by atoms with Gasteiger partial charge in [-0.1, -0.05) is 18.9 Å². The van der Waals surface area contributed by atoms with Crippen LogP contribution < -0.4 is 10.6 Å². The normalized spacial score (nSPS) is 17.6. The van der Waals surface area contributed by atoms with Gasteiger partial charge in [-0.05, 0) is 50.8 Å². The number of amides is 2. The van der Waals surface area contributed by atoms with E-state index in [0.717, 1.165) is 42.3 Å². The van der Waals surface area contributed by atoms with Gasteiger partial charge in [-0.2, -0.15) is 0 Å². The average molecular weight is 337 g/mol. The maximum atomic E-state index is 12.8. The fourth-order valence-electron chi connectivity index (χ4n) is 3.52. The average Bonchev–Trinajstić information content (AvgIpc) is 3.32. The Morgan fingerprint density at radius 1 is 1.08 bits per heavy atom. The molecule has 4 rings (SSSR count). The van der Waals surface area contributed by atoms with Crippen LogP contribution in [0.2, 0.25) is 0 Å². The first-order chi connectivity index (χ1) is 12.1. The van der Waals surface area contributed by atoms with Crippen LogP contribution in [0.4, 0.5) is 5.69 Å². The zero-order valence-electron chi connectivity index (χ0n) is 14.5. The quantitative estimate of drug-likeness (QED) is 0.896. The van der Waals surface area contributed by atoms with Gasteiger partial charge in [0.25, 0.3) is 5.91 Å². The molecule has 0 bridgehead atoms. The van der Waals surface area contributed by atoms with Crippen molar-refractivity contribution in [3.8, 4) is 0 Å². The van der Waals surface area contributed by atoms with Crippen LogP contribution in [0.5, 0.6) is 0 Å². The van der Waals surface area contributed by atoms with Crippen molar-refractivity contribution in [2.24, 2.45) is 5.92 Å². The second-order valence-electron chi connectivity index (χ2n) is 7.26. The Labute approximate surface area is 147 Å². The first kappa shape index (κ1) is 16.1. The van der Waals surface area contributed by atoms with Crippen LogP contribution in [-0.2, 0) is 4.79 Å². The topological polar surface area (TPSA) is 71.1 Å². The van der Waals surface area contributed by atoms with E-state index in [9.17, 15) is 9.59 Å². The molecule has 0 spiro atoms. The minimum Gasteiger partial charge on any atom is -0.349 e. The Bertz CT molecular complexity index is 836. The zero-order valence-corrected chi connectivity index (χ0v) is 14.5. The maximum Gasteiger partial charge on any atom is 0.252 e. The minimum atomic E-state index is -0.0786. The van der Waals surface area contributed by atoms with Crippen molar-refractivity contribution < 1.29 is 9.59 Å². The van der Waals surface area contributed by atoms with Crippen LogP contribution in [0.15, 0.2) is 24.3 Å². The summed E-state index contributed by atoms with van der Waals surface area (Å²) in [5, 5.41) is 6.91. The molecule has 0 unspecified atom stereocenters. The van der Waals surface area contributed by atoms with Crippen molar-refractivity contribution in [1.82, 2.24) is 10.3 Å². The molecule has 2 N–H and O–H groups in total. The summed E-state index contributed by atoms with van der Waals surface area (Å²) < 4.78 is 0. The predicted octanol–water partition coefficient (Wildman–Crippen LogP) is 3.56. The molecule has 5 nitrogen and oxygen atoms in total. The summed E-state index contributed by atoms with van der Waals surface area (Å²) in [5.41, 5.74) is 2.87. The van der Waals surface area contributed by atoms with E-state index in [1.165, 1.54) is 12.8 Å². The van der Waals surface area contributed by atoms with Crippen LogP contribution in [-0.4, -0.2) is 22.8 Å². The molecule has 130 valence electrons. The molecule has 2 fully saturated rings. The van der Waals surface area contributed by atoms with Gasteiger partial charge >= 0.3 is 0 Å². The second kappa shape index (κ2) is 6.47. The number of rotatable bonds is 4. The molecule has 1 heterocycles. The number of pyridine rings is 1. The Morgan fingerprint density at radius 3 is 2.56 bits per heavy atom. The first-order valence-corrected chi connectivity index (χ1v) is 9.13. The Balaban J connectivity index is 1.68. The summed E-state index contributed by atoms with van der Waals surface area (Å²) in [4.78, 5) is 29.5. The van der Waals surface area contributed by atoms with Crippen LogP contribution >= 0.6 is 0 Å². The third-order valence-corrected chi connectivity index (χ3v) is 5.10. The number of carbonyl (C=O) groups excluding carboxylic acids is 2. The molecule has 2 saturated carbocycles. The summed E-state index contributed by atoms with van der Waals surface area (Å²) in [7, 11) is 0. The number of benzene rings is 1. The largest absolute Gasteiger partial charge is 0.349 e. The number of nitrogens with zero attached hydrogens (tertiary/aromatic N) is 1. The lowest BCUT2D eigenvalue weighted by Gasteiger charge is -2.15. The maximum absolute atomic E-state index is 12.8. The first-order valence-electron chi connectivity index (χ1n) is 9.13. The highest BCUT2D eigenvalue weighted by Gasteiger charge is 2.30. The van der Waals surface area contributed by atoms with Crippen molar-refractivity contribution in [2.75, 3.05) is 5.32 Å². The lowest BCUT2D eigenvalue weighted by molar-refractivity contribution is -0.117. The van der Waals surface area contributed by atoms with Crippen molar-refractivity contribution in [3.63, 3.8) is 0 Å². The molecule has 0 atom stereocenters. The van der Waals surface area contributed by atoms with E-state index < -0.39 is 0 Å². The van der Waals surface area contributed by atoms with E-state index in [1.54, 1.807) is 6.07 Å². The third kappa shape index (κ3) is 3.50. The fraction of sp³-hybridized carbons (Fsp3) is 0.450. The summed E-state index contributed by atoms with van der Waals surface area (Å²) in [6.07, 6.45) is 6.32. The highest BCUT2D eigenvalue weighted by molar-refractivity contribution is 6.09. The van der Waals surface area contributed by atoms with Gasteiger partial charge in [0, 0.05) is 28.7 Å². The van der Waals surface area contributed by atoms with Crippen LogP contribution in [0.25, 0.3) is 10.9 Å². The van der Waals surface area contributed by atoms with Gasteiger partial charge in [-0.3, -0.25) is 14.6 Å². The number of carbonyl (C=O) groups is 2. The van der Waals surface area contributed by atoms with Gasteiger partial charge in [0.15, 0.2) is 0 Å². The molecule has 0 aliphatic heterocycles. The van der Waals surface area contributed by atoms with E-state index in [-0.39, 0.29) is 23.8 Å². The highest BCUT2D eigenvalue weighted by Crippen LogP contribution is 2.31. The van der Waals surface area contributed by atoms with Crippen LogP contribution in [0, 0.1) is 12.8 Å². The SMILES string of the molecule is Cc1ccc2c(C(=O)NC3CCCC3)cc(NC(=O)C3CC3)cc2n1. The van der Waals surface area contributed by atoms with Gasteiger partial charge in [-0.15, -0.1) is 0 Å². The number of fused-ring (bicyclic) bond motifs is 1. The summed E-state index contributed by atoms with van der Waals surface area (Å²) in [6, 6.07) is 7.75. The number of nitrogens with one attached hydrogen (secondary N) is 2. The van der Waals surface area contributed by atoms with E-state index in [1.807, 2.05) is 25.1 Å². The summed E-state index contributed by atoms with van der Waals surface area (Å²) in [6.45, 7) is 1.92. The molecule has 2 aromatic rings. The van der Waals surface area contributed by atoms with Crippen molar-refractivity contribution in [2.45, 2.75) is 51.5 Å². The molecule has 0 saturated heterocycles. The fourth-order valence-corrected chi connectivity index (χ4v) is 3.52. The number of anilines is 1. The van der Waals surface area contributed by atoms with Crippen LogP contribution in [0.3, 0.4) is 0 Å². The second-order valence-corrected chi connectivity index (χ2v) is 7.26. The molecule has 2 aliphatic carbocycles.